The predicted octanol–water partition coefficient (Wildman–Crippen LogP) is -1.24. The maximum absolute atomic E-state index is 12.0. The molecule has 3 rings (SSSR count). The van der Waals surface area contributed by atoms with Crippen LogP contribution in [0.1, 0.15) is 13.2 Å². The van der Waals surface area contributed by atoms with Gasteiger partial charge in [0, 0.05) is 0 Å². The van der Waals surface area contributed by atoms with Gasteiger partial charge in [0.15, 0.2) is 17.7 Å². The minimum atomic E-state index is -5.73. The van der Waals surface area contributed by atoms with Crippen molar-refractivity contribution in [3.05, 3.63) is 12.7 Å². The molecule has 180 valence electrons. The Morgan fingerprint density at radius 2 is 1.72 bits per heavy atom. The van der Waals surface area contributed by atoms with E-state index in [9.17, 15) is 33.7 Å². The van der Waals surface area contributed by atoms with Gasteiger partial charge in [-0.25, -0.2) is 28.6 Å². The largest absolute Gasteiger partial charge is 0.490 e. The minimum Gasteiger partial charge on any atom is -0.387 e. The Bertz CT molecular complexity index is 1140. The summed E-state index contributed by atoms with van der Waals surface area (Å²) in [5, 5.41) is 20.7. The van der Waals surface area contributed by atoms with Crippen molar-refractivity contribution in [3.8, 4) is 0 Å². The summed E-state index contributed by atoms with van der Waals surface area (Å²) in [5.74, 6) is 0.0411. The fourth-order valence-electron chi connectivity index (χ4n) is 2.93. The van der Waals surface area contributed by atoms with Gasteiger partial charge in [-0.05, 0) is 6.92 Å². The van der Waals surface area contributed by atoms with E-state index in [1.807, 2.05) is 0 Å². The molecule has 0 saturated carbocycles. The van der Waals surface area contributed by atoms with Gasteiger partial charge in [-0.2, -0.15) is 8.62 Å². The van der Waals surface area contributed by atoms with Crippen LogP contribution in [0, 0.1) is 0 Å². The van der Waals surface area contributed by atoms with Gasteiger partial charge in [0.1, 0.15) is 30.2 Å². The van der Waals surface area contributed by atoms with Crippen molar-refractivity contribution in [2.45, 2.75) is 37.6 Å². The first-order chi connectivity index (χ1) is 14.6. The predicted molar refractivity (Wildman–Crippen MR) is 100 cm³/mol. The Morgan fingerprint density at radius 1 is 1.06 bits per heavy atom. The number of rotatable bonds is 8. The second-order valence-corrected chi connectivity index (χ2v) is 10.8. The molecular weight excluding hydrogens is 503 g/mol. The zero-order valence-electron chi connectivity index (χ0n) is 15.8. The van der Waals surface area contributed by atoms with Crippen molar-refractivity contribution in [3.63, 3.8) is 0 Å². The molecule has 0 aliphatic carbocycles. The van der Waals surface area contributed by atoms with Crippen LogP contribution < -0.4 is 5.73 Å². The van der Waals surface area contributed by atoms with Crippen molar-refractivity contribution >= 4 is 40.4 Å². The van der Waals surface area contributed by atoms with Crippen molar-refractivity contribution in [1.82, 2.24) is 19.5 Å². The van der Waals surface area contributed by atoms with Gasteiger partial charge in [-0.3, -0.25) is 9.09 Å². The highest BCUT2D eigenvalue weighted by atomic mass is 31.3. The van der Waals surface area contributed by atoms with Crippen LogP contribution >= 0.6 is 23.5 Å². The van der Waals surface area contributed by atoms with E-state index in [4.69, 9.17) is 20.3 Å². The summed E-state index contributed by atoms with van der Waals surface area (Å²) in [4.78, 5) is 47.7. The number of imidazole rings is 1. The number of hydrogen-bond acceptors (Lipinski definition) is 13. The first kappa shape index (κ1) is 25.3. The fourth-order valence-corrected chi connectivity index (χ4v) is 6.13. The maximum Gasteiger partial charge on any atom is 0.490 e. The average molecular weight is 521 g/mol. The van der Waals surface area contributed by atoms with Gasteiger partial charge in [-0.15, -0.1) is 0 Å². The smallest absolute Gasteiger partial charge is 0.387 e. The van der Waals surface area contributed by atoms with Crippen LogP contribution in [0.5, 0.6) is 0 Å². The molecule has 8 N–H and O–H groups in total. The number of aliphatic hydroxyl groups is 2. The molecule has 1 saturated heterocycles. The molecule has 0 aromatic carbocycles. The third-order valence-corrected chi connectivity index (χ3v) is 8.04. The summed E-state index contributed by atoms with van der Waals surface area (Å²) in [6.45, 7) is 1.09. The molecule has 2 aromatic rings. The molecule has 18 nitrogen and oxygen atoms in total. The maximum atomic E-state index is 12.0. The van der Waals surface area contributed by atoms with E-state index in [1.54, 1.807) is 0 Å². The fraction of sp³-hybridized carbons (Fsp3) is 0.545. The molecule has 0 amide bonds. The number of ether oxygens (including phenoxy) is 1. The Kier molecular flexibility index (Phi) is 6.93. The van der Waals surface area contributed by atoms with Crippen molar-refractivity contribution in [2.24, 2.45) is 0 Å². The van der Waals surface area contributed by atoms with Crippen LogP contribution in [-0.2, 0) is 31.6 Å². The second-order valence-electron chi connectivity index (χ2n) is 6.46. The number of nitrogens with zero attached hydrogens (tertiary/aromatic N) is 4. The summed E-state index contributed by atoms with van der Waals surface area (Å²) >= 11 is 0. The molecule has 3 unspecified atom stereocenters. The van der Waals surface area contributed by atoms with Crippen LogP contribution in [0.4, 0.5) is 5.82 Å². The lowest BCUT2D eigenvalue weighted by Crippen LogP contribution is -2.38. The van der Waals surface area contributed by atoms with Crippen molar-refractivity contribution in [2.75, 3.05) is 5.73 Å². The Labute approximate surface area is 178 Å². The average Bonchev–Trinajstić information content (AvgIpc) is 3.14. The lowest BCUT2D eigenvalue weighted by molar-refractivity contribution is -0.0755. The summed E-state index contributed by atoms with van der Waals surface area (Å²) in [6, 6.07) is 0. The van der Waals surface area contributed by atoms with Crippen LogP contribution in [0.15, 0.2) is 12.7 Å². The number of fused-ring (bicyclic) bond motifs is 1. The van der Waals surface area contributed by atoms with Crippen LogP contribution in [-0.4, -0.2) is 73.7 Å². The lowest BCUT2D eigenvalue weighted by Gasteiger charge is -2.24. The van der Waals surface area contributed by atoms with E-state index in [-0.39, 0.29) is 17.0 Å². The number of phosphoric acid groups is 3. The monoisotopic (exact) mass is 521 g/mol. The molecule has 7 atom stereocenters. The van der Waals surface area contributed by atoms with Crippen molar-refractivity contribution in [1.29, 1.82) is 0 Å². The highest BCUT2D eigenvalue weighted by Gasteiger charge is 2.49. The van der Waals surface area contributed by atoms with Crippen LogP contribution in [0.2, 0.25) is 0 Å². The Balaban J connectivity index is 1.75. The zero-order valence-corrected chi connectivity index (χ0v) is 18.5. The third-order valence-electron chi connectivity index (χ3n) is 4.11. The highest BCUT2D eigenvalue weighted by molar-refractivity contribution is 7.66. The first-order valence-corrected chi connectivity index (χ1v) is 12.9. The minimum absolute atomic E-state index is 0.0411. The zero-order chi connectivity index (χ0) is 24.1. The SMILES string of the molecule is C[C@H](OP(=O)(O)OP(=O)(O)OP(=O)(O)O)[C@H]1OC(n2cnc3c(N)ncnc32)[C@H](O)[C@@H]1O. The molecule has 0 radical (unpaired) electrons. The number of phosphoric ester groups is 1. The number of nitrogens with two attached hydrogens (primary N) is 1. The summed E-state index contributed by atoms with van der Waals surface area (Å²) in [7, 11) is -16.8. The van der Waals surface area contributed by atoms with Crippen molar-refractivity contribution < 1.29 is 61.4 Å². The van der Waals surface area contributed by atoms with E-state index < -0.39 is 54.1 Å². The van der Waals surface area contributed by atoms with E-state index in [0.29, 0.717) is 0 Å². The number of aromatic nitrogens is 4. The van der Waals surface area contributed by atoms with Gasteiger partial charge in [-0.1, -0.05) is 0 Å². The molecule has 1 fully saturated rings. The van der Waals surface area contributed by atoms with Gasteiger partial charge >= 0.3 is 23.5 Å². The number of nitrogen functional groups attached to an aromatic ring is 1. The third kappa shape index (κ3) is 5.58. The van der Waals surface area contributed by atoms with E-state index in [0.717, 1.165) is 13.3 Å². The first-order valence-electron chi connectivity index (χ1n) is 8.37. The molecular formula is C11H18N5O13P3. The van der Waals surface area contributed by atoms with Gasteiger partial charge in [0.2, 0.25) is 0 Å². The molecule has 1 aliphatic heterocycles. The Hall–Kier alpha value is -1.36. The van der Waals surface area contributed by atoms with Crippen LogP contribution in [0.25, 0.3) is 11.2 Å². The molecule has 1 aliphatic rings. The van der Waals surface area contributed by atoms with Gasteiger partial charge < -0.3 is 40.3 Å². The van der Waals surface area contributed by atoms with E-state index in [1.165, 1.54) is 10.9 Å². The standard InChI is InChI=1S/C11H18N5O13P3/c1-4(27-31(22,23)29-32(24,25)28-30(19,20)21)8-6(17)7(18)11(26-8)16-3-15-5-9(12)13-2-14-10(5)16/h2-4,6-8,11,17-18H,1H3,(H,22,23)(H,24,25)(H2,12,13,14)(H2,19,20,21)/t4-,6-,7+,8+,11?/m0/s1. The topological polar surface area (TPSA) is 279 Å². The highest BCUT2D eigenvalue weighted by Crippen LogP contribution is 2.66. The lowest BCUT2D eigenvalue weighted by atomic mass is 10.1. The molecule has 0 bridgehead atoms. The molecule has 2 aromatic heterocycles. The second kappa shape index (κ2) is 8.77. The molecule has 32 heavy (non-hydrogen) atoms. The summed E-state index contributed by atoms with van der Waals surface area (Å²) in [5.41, 5.74) is 6.02. The Morgan fingerprint density at radius 3 is 2.34 bits per heavy atom. The quantitative estimate of drug-likeness (QED) is 0.200. The number of hydrogen-bond donors (Lipinski definition) is 7. The van der Waals surface area contributed by atoms with Crippen LogP contribution in [0.3, 0.4) is 0 Å². The number of aliphatic hydroxyl groups excluding tert-OH is 2. The number of anilines is 1. The molecule has 3 heterocycles. The van der Waals surface area contributed by atoms with E-state index in [2.05, 4.69) is 28.1 Å². The molecule has 0 spiro atoms. The molecule has 21 heteroatoms. The van der Waals surface area contributed by atoms with Gasteiger partial charge in [0.05, 0.1) is 12.4 Å². The normalized spacial score (nSPS) is 29.0. The summed E-state index contributed by atoms with van der Waals surface area (Å²) in [6.07, 6.45) is -5.34. The summed E-state index contributed by atoms with van der Waals surface area (Å²) < 4.78 is 52.7. The van der Waals surface area contributed by atoms with E-state index >= 15 is 0 Å². The van der Waals surface area contributed by atoms with Gasteiger partial charge in [0.25, 0.3) is 0 Å².